The highest BCUT2D eigenvalue weighted by Gasteiger charge is 2.38. The van der Waals surface area contributed by atoms with Crippen molar-refractivity contribution in [1.82, 2.24) is 20.4 Å². The van der Waals surface area contributed by atoms with Gasteiger partial charge in [-0.25, -0.2) is 4.99 Å². The van der Waals surface area contributed by atoms with E-state index in [1.165, 1.54) is 19.3 Å². The second kappa shape index (κ2) is 11.3. The number of guanidine groups is 1. The Balaban J connectivity index is 1.79. The number of hydrogen-bond acceptors (Lipinski definition) is 6. The molecule has 0 bridgehead atoms. The van der Waals surface area contributed by atoms with Gasteiger partial charge >= 0.3 is 0 Å². The summed E-state index contributed by atoms with van der Waals surface area (Å²) in [4.78, 5) is 22.3. The third kappa shape index (κ3) is 6.56. The third-order valence-electron chi connectivity index (χ3n) is 6.76. The number of morpholine rings is 1. The second-order valence-electron chi connectivity index (χ2n) is 9.03. The Morgan fingerprint density at radius 1 is 1.16 bits per heavy atom. The van der Waals surface area contributed by atoms with Crippen LogP contribution in [0.5, 0.6) is 0 Å². The van der Waals surface area contributed by atoms with Gasteiger partial charge in [-0.15, -0.1) is 0 Å². The van der Waals surface area contributed by atoms with E-state index in [4.69, 9.17) is 9.73 Å². The molecule has 31 heavy (non-hydrogen) atoms. The van der Waals surface area contributed by atoms with Gasteiger partial charge < -0.3 is 19.9 Å². The van der Waals surface area contributed by atoms with Crippen molar-refractivity contribution in [3.63, 3.8) is 0 Å². The van der Waals surface area contributed by atoms with Crippen molar-refractivity contribution >= 4 is 11.9 Å². The summed E-state index contributed by atoms with van der Waals surface area (Å²) in [5.74, 6) is 0.662. The van der Waals surface area contributed by atoms with Crippen molar-refractivity contribution in [2.75, 3.05) is 46.4 Å². The van der Waals surface area contributed by atoms with Crippen LogP contribution in [0.25, 0.3) is 0 Å². The third-order valence-corrected chi connectivity index (χ3v) is 6.76. The van der Waals surface area contributed by atoms with E-state index in [1.807, 2.05) is 18.1 Å². The van der Waals surface area contributed by atoms with E-state index in [2.05, 4.69) is 21.6 Å². The SMILES string of the molecule is CN1CCC(C#N)(NC(=O)C(CC2CCCCC2)N=C(NC#N)N2CCOCC2)CC1. The largest absolute Gasteiger partial charge is 0.378 e. The zero-order valence-corrected chi connectivity index (χ0v) is 18.6. The molecule has 0 radical (unpaired) electrons. The molecular weight excluding hydrogens is 394 g/mol. The zero-order valence-electron chi connectivity index (χ0n) is 18.6. The molecule has 9 heteroatoms. The molecule has 0 aromatic carbocycles. The summed E-state index contributed by atoms with van der Waals surface area (Å²) in [5.41, 5.74) is -0.842. The summed E-state index contributed by atoms with van der Waals surface area (Å²) in [6.45, 7) is 3.94. The minimum absolute atomic E-state index is 0.206. The first-order valence-electron chi connectivity index (χ1n) is 11.5. The van der Waals surface area contributed by atoms with Crippen LogP contribution in [0.4, 0.5) is 0 Å². The van der Waals surface area contributed by atoms with Crippen LogP contribution in [-0.4, -0.2) is 79.7 Å². The van der Waals surface area contributed by atoms with E-state index in [0.717, 1.165) is 25.9 Å². The van der Waals surface area contributed by atoms with Crippen LogP contribution >= 0.6 is 0 Å². The summed E-state index contributed by atoms with van der Waals surface area (Å²) >= 11 is 0. The zero-order chi connectivity index (χ0) is 22.1. The maximum Gasteiger partial charge on any atom is 0.246 e. The molecule has 9 nitrogen and oxygen atoms in total. The van der Waals surface area contributed by atoms with E-state index < -0.39 is 11.6 Å². The smallest absolute Gasteiger partial charge is 0.246 e. The molecule has 2 saturated heterocycles. The lowest BCUT2D eigenvalue weighted by Crippen LogP contribution is -2.56. The predicted octanol–water partition coefficient (Wildman–Crippen LogP) is 1.19. The molecule has 1 unspecified atom stereocenters. The molecule has 3 rings (SSSR count). The van der Waals surface area contributed by atoms with Crippen LogP contribution in [-0.2, 0) is 9.53 Å². The first-order chi connectivity index (χ1) is 15.0. The Labute approximate surface area is 185 Å². The molecule has 0 aromatic rings. The van der Waals surface area contributed by atoms with Gasteiger partial charge in [-0.1, -0.05) is 32.1 Å². The molecule has 2 heterocycles. The Kier molecular flexibility index (Phi) is 8.51. The summed E-state index contributed by atoms with van der Waals surface area (Å²) in [6, 6.07) is 1.75. The molecule has 1 aliphatic carbocycles. The normalized spacial score (nSPS) is 24.0. The molecule has 1 saturated carbocycles. The lowest BCUT2D eigenvalue weighted by Gasteiger charge is -2.37. The first kappa shape index (κ1) is 23.3. The topological polar surface area (TPSA) is 117 Å². The Hall–Kier alpha value is -2.36. The lowest BCUT2D eigenvalue weighted by atomic mass is 9.84. The molecule has 3 aliphatic rings. The Morgan fingerprint density at radius 3 is 2.45 bits per heavy atom. The van der Waals surface area contributed by atoms with Gasteiger partial charge in [-0.3, -0.25) is 10.1 Å². The van der Waals surface area contributed by atoms with E-state index >= 15 is 0 Å². The van der Waals surface area contributed by atoms with E-state index in [0.29, 0.717) is 57.4 Å². The number of rotatable bonds is 5. The minimum Gasteiger partial charge on any atom is -0.378 e. The molecule has 0 spiro atoms. The fraction of sp³-hybridized carbons (Fsp3) is 0.818. The van der Waals surface area contributed by atoms with Gasteiger partial charge in [0.25, 0.3) is 0 Å². The van der Waals surface area contributed by atoms with Crippen molar-refractivity contribution in [3.05, 3.63) is 0 Å². The van der Waals surface area contributed by atoms with Crippen LogP contribution in [0, 0.1) is 28.7 Å². The van der Waals surface area contributed by atoms with Crippen molar-refractivity contribution in [3.8, 4) is 12.3 Å². The van der Waals surface area contributed by atoms with Gasteiger partial charge in [0.15, 0.2) is 6.19 Å². The van der Waals surface area contributed by atoms with Crippen LogP contribution in [0.1, 0.15) is 51.4 Å². The van der Waals surface area contributed by atoms with Crippen LogP contribution < -0.4 is 10.6 Å². The molecule has 1 amide bonds. The number of nitrogens with one attached hydrogen (secondary N) is 2. The van der Waals surface area contributed by atoms with Crippen LogP contribution in [0.15, 0.2) is 4.99 Å². The number of ether oxygens (including phenoxy) is 1. The summed E-state index contributed by atoms with van der Waals surface area (Å²) in [7, 11) is 2.03. The van der Waals surface area contributed by atoms with Crippen molar-refractivity contribution < 1.29 is 9.53 Å². The first-order valence-corrected chi connectivity index (χ1v) is 11.5. The highest BCUT2D eigenvalue weighted by atomic mass is 16.5. The Morgan fingerprint density at radius 2 is 1.84 bits per heavy atom. The van der Waals surface area contributed by atoms with Gasteiger partial charge in [0.1, 0.15) is 11.6 Å². The van der Waals surface area contributed by atoms with Gasteiger partial charge in [0.05, 0.1) is 19.3 Å². The number of hydrogen-bond donors (Lipinski definition) is 2. The maximum absolute atomic E-state index is 13.4. The maximum atomic E-state index is 13.4. The predicted molar refractivity (Wildman–Crippen MR) is 117 cm³/mol. The van der Waals surface area contributed by atoms with Crippen LogP contribution in [0.2, 0.25) is 0 Å². The van der Waals surface area contributed by atoms with E-state index in [-0.39, 0.29) is 5.91 Å². The number of likely N-dealkylation sites (tertiary alicyclic amines) is 1. The van der Waals surface area contributed by atoms with Gasteiger partial charge in [-0.2, -0.15) is 10.5 Å². The molecule has 2 aliphatic heterocycles. The highest BCUT2D eigenvalue weighted by molar-refractivity contribution is 5.88. The summed E-state index contributed by atoms with van der Waals surface area (Å²) < 4.78 is 5.41. The highest BCUT2D eigenvalue weighted by Crippen LogP contribution is 2.29. The number of amides is 1. The van der Waals surface area contributed by atoms with Crippen molar-refractivity contribution in [2.45, 2.75) is 62.9 Å². The fourth-order valence-electron chi connectivity index (χ4n) is 4.71. The quantitative estimate of drug-likeness (QED) is 0.292. The standard InChI is InChI=1S/C22H35N7O2/c1-28-9-7-22(16-23,8-10-28)27-20(30)19(15-18-5-3-2-4-6-18)26-21(25-17-24)29-11-13-31-14-12-29/h18-19H,2-15H2,1H3,(H,25,26)(H,27,30). The summed E-state index contributed by atoms with van der Waals surface area (Å²) in [6.07, 6.45) is 9.65. The molecular formula is C22H35N7O2. The number of aliphatic imine (C=N–C) groups is 1. The molecule has 3 fully saturated rings. The van der Waals surface area contributed by atoms with Crippen LogP contribution in [0.3, 0.4) is 0 Å². The number of nitriles is 2. The number of carbonyl (C=O) groups excluding carboxylic acids is 1. The number of carbonyl (C=O) groups is 1. The lowest BCUT2D eigenvalue weighted by molar-refractivity contribution is -0.124. The average Bonchev–Trinajstić information content (AvgIpc) is 2.81. The van der Waals surface area contributed by atoms with Crippen molar-refractivity contribution in [1.29, 1.82) is 10.5 Å². The second-order valence-corrected chi connectivity index (χ2v) is 9.03. The Bertz CT molecular complexity index is 706. The van der Waals surface area contributed by atoms with Gasteiger partial charge in [-0.05, 0) is 32.2 Å². The fourth-order valence-corrected chi connectivity index (χ4v) is 4.71. The monoisotopic (exact) mass is 429 g/mol. The van der Waals surface area contributed by atoms with Gasteiger partial charge in [0.2, 0.25) is 11.9 Å². The minimum atomic E-state index is -0.842. The number of nitrogens with zero attached hydrogens (tertiary/aromatic N) is 5. The number of piperidine rings is 1. The van der Waals surface area contributed by atoms with E-state index in [9.17, 15) is 15.3 Å². The van der Waals surface area contributed by atoms with Crippen molar-refractivity contribution in [2.24, 2.45) is 10.9 Å². The summed E-state index contributed by atoms with van der Waals surface area (Å²) in [5, 5.41) is 24.8. The van der Waals surface area contributed by atoms with E-state index in [1.54, 1.807) is 0 Å². The molecule has 170 valence electrons. The average molecular weight is 430 g/mol. The van der Waals surface area contributed by atoms with Gasteiger partial charge in [0, 0.05) is 26.2 Å². The molecule has 0 aromatic heterocycles. The molecule has 1 atom stereocenters. The molecule has 2 N–H and O–H groups in total.